The quantitative estimate of drug-likeness (QED) is 0.722. The van der Waals surface area contributed by atoms with Crippen molar-refractivity contribution < 1.29 is 9.26 Å². The predicted molar refractivity (Wildman–Crippen MR) is 47.0 cm³/mol. The van der Waals surface area contributed by atoms with E-state index in [4.69, 9.17) is 15.0 Å². The van der Waals surface area contributed by atoms with E-state index in [0.29, 0.717) is 31.3 Å². The molecule has 1 heterocycles. The van der Waals surface area contributed by atoms with Gasteiger partial charge in [0.25, 0.3) is 5.89 Å². The van der Waals surface area contributed by atoms with Gasteiger partial charge in [-0.2, -0.15) is 4.98 Å². The first kappa shape index (κ1) is 10.1. The Hall–Kier alpha value is -0.940. The molecule has 0 atom stereocenters. The second-order valence-corrected chi connectivity index (χ2v) is 3.00. The summed E-state index contributed by atoms with van der Waals surface area (Å²) in [5, 5.41) is 3.74. The summed E-state index contributed by atoms with van der Waals surface area (Å²) in [5.41, 5.74) is 5.34. The maximum Gasteiger partial charge on any atom is 0.252 e. The van der Waals surface area contributed by atoms with Crippen LogP contribution in [0.2, 0.25) is 0 Å². The summed E-state index contributed by atoms with van der Waals surface area (Å²) in [7, 11) is 0. The van der Waals surface area contributed by atoms with E-state index in [1.165, 1.54) is 0 Å². The smallest absolute Gasteiger partial charge is 0.252 e. The van der Waals surface area contributed by atoms with Gasteiger partial charge in [0, 0.05) is 6.42 Å². The van der Waals surface area contributed by atoms with Gasteiger partial charge in [-0.25, -0.2) is 0 Å². The van der Waals surface area contributed by atoms with Crippen LogP contribution >= 0.6 is 0 Å². The molecule has 1 rings (SSSR count). The number of ether oxygens (including phenoxy) is 1. The van der Waals surface area contributed by atoms with Crippen molar-refractivity contribution in [2.24, 2.45) is 5.73 Å². The van der Waals surface area contributed by atoms with E-state index in [1.807, 2.05) is 13.8 Å². The molecule has 0 saturated heterocycles. The highest BCUT2D eigenvalue weighted by molar-refractivity contribution is 4.85. The molecule has 1 aromatic rings. The molecule has 0 aliphatic carbocycles. The van der Waals surface area contributed by atoms with E-state index >= 15 is 0 Å². The van der Waals surface area contributed by atoms with Gasteiger partial charge >= 0.3 is 0 Å². The van der Waals surface area contributed by atoms with Crippen molar-refractivity contribution in [3.63, 3.8) is 0 Å². The van der Waals surface area contributed by atoms with Crippen LogP contribution in [0.5, 0.6) is 0 Å². The SMILES string of the molecule is CC(C)OCc1nc(CCN)no1. The van der Waals surface area contributed by atoms with E-state index in [-0.39, 0.29) is 6.10 Å². The van der Waals surface area contributed by atoms with Crippen LogP contribution < -0.4 is 5.73 Å². The molecule has 5 nitrogen and oxygen atoms in total. The van der Waals surface area contributed by atoms with Crippen LogP contribution in [0.15, 0.2) is 4.52 Å². The second kappa shape index (κ2) is 4.94. The fourth-order valence-corrected chi connectivity index (χ4v) is 0.817. The number of hydrogen-bond acceptors (Lipinski definition) is 5. The topological polar surface area (TPSA) is 74.2 Å². The summed E-state index contributed by atoms with van der Waals surface area (Å²) in [4.78, 5) is 4.09. The first-order chi connectivity index (χ1) is 6.22. The monoisotopic (exact) mass is 185 g/mol. The molecule has 0 bridgehead atoms. The molecular weight excluding hydrogens is 170 g/mol. The lowest BCUT2D eigenvalue weighted by Crippen LogP contribution is -2.05. The standard InChI is InChI=1S/C8H15N3O2/c1-6(2)12-5-8-10-7(3-4-9)11-13-8/h6H,3-5,9H2,1-2H3. The van der Waals surface area contributed by atoms with Gasteiger partial charge in [0.1, 0.15) is 6.61 Å². The normalized spacial score (nSPS) is 11.1. The molecule has 74 valence electrons. The molecule has 0 spiro atoms. The van der Waals surface area contributed by atoms with Crippen LogP contribution in [0.3, 0.4) is 0 Å². The third kappa shape index (κ3) is 3.52. The van der Waals surface area contributed by atoms with Gasteiger partial charge in [0.05, 0.1) is 6.10 Å². The molecular formula is C8H15N3O2. The van der Waals surface area contributed by atoms with Crippen LogP contribution in [0.4, 0.5) is 0 Å². The van der Waals surface area contributed by atoms with Crippen LogP contribution in [0.25, 0.3) is 0 Å². The third-order valence-electron chi connectivity index (χ3n) is 1.42. The minimum atomic E-state index is 0.171. The number of rotatable bonds is 5. The van der Waals surface area contributed by atoms with Gasteiger partial charge in [-0.3, -0.25) is 0 Å². The Bertz CT molecular complexity index is 247. The van der Waals surface area contributed by atoms with Crippen molar-refractivity contribution in [3.8, 4) is 0 Å². The van der Waals surface area contributed by atoms with Crippen LogP contribution in [0, 0.1) is 0 Å². The second-order valence-electron chi connectivity index (χ2n) is 3.00. The van der Waals surface area contributed by atoms with Crippen molar-refractivity contribution in [1.82, 2.24) is 10.1 Å². The highest BCUT2D eigenvalue weighted by Gasteiger charge is 2.05. The molecule has 1 aromatic heterocycles. The zero-order chi connectivity index (χ0) is 9.68. The fourth-order valence-electron chi connectivity index (χ4n) is 0.817. The molecule has 2 N–H and O–H groups in total. The molecule has 0 fully saturated rings. The van der Waals surface area contributed by atoms with Crippen molar-refractivity contribution in [3.05, 3.63) is 11.7 Å². The lowest BCUT2D eigenvalue weighted by molar-refractivity contribution is 0.0485. The van der Waals surface area contributed by atoms with E-state index in [9.17, 15) is 0 Å². The Balaban J connectivity index is 2.39. The first-order valence-corrected chi connectivity index (χ1v) is 4.35. The van der Waals surface area contributed by atoms with Gasteiger partial charge < -0.3 is 15.0 Å². The molecule has 0 radical (unpaired) electrons. The zero-order valence-electron chi connectivity index (χ0n) is 7.99. The maximum atomic E-state index is 5.34. The molecule has 0 aromatic carbocycles. The Morgan fingerprint density at radius 1 is 1.54 bits per heavy atom. The maximum absolute atomic E-state index is 5.34. The van der Waals surface area contributed by atoms with Crippen molar-refractivity contribution in [2.45, 2.75) is 33.0 Å². The Morgan fingerprint density at radius 2 is 2.31 bits per heavy atom. The van der Waals surface area contributed by atoms with Crippen molar-refractivity contribution in [2.75, 3.05) is 6.54 Å². The lowest BCUT2D eigenvalue weighted by atomic mass is 10.4. The predicted octanol–water partition coefficient (Wildman–Crippen LogP) is 0.496. The van der Waals surface area contributed by atoms with Gasteiger partial charge in [-0.1, -0.05) is 5.16 Å². The van der Waals surface area contributed by atoms with Gasteiger partial charge in [0.2, 0.25) is 0 Å². The number of nitrogens with two attached hydrogens (primary N) is 1. The third-order valence-corrected chi connectivity index (χ3v) is 1.42. The number of hydrogen-bond donors (Lipinski definition) is 1. The lowest BCUT2D eigenvalue weighted by Gasteiger charge is -2.02. The number of nitrogens with zero attached hydrogens (tertiary/aromatic N) is 2. The van der Waals surface area contributed by atoms with Crippen molar-refractivity contribution >= 4 is 0 Å². The van der Waals surface area contributed by atoms with E-state index in [1.54, 1.807) is 0 Å². The molecule has 13 heavy (non-hydrogen) atoms. The molecule has 0 unspecified atom stereocenters. The largest absolute Gasteiger partial charge is 0.369 e. The number of aromatic nitrogens is 2. The van der Waals surface area contributed by atoms with Gasteiger partial charge in [0.15, 0.2) is 5.82 Å². The first-order valence-electron chi connectivity index (χ1n) is 4.35. The molecule has 0 aliphatic rings. The summed E-state index contributed by atoms with van der Waals surface area (Å²) in [6, 6.07) is 0. The van der Waals surface area contributed by atoms with E-state index < -0.39 is 0 Å². The summed E-state index contributed by atoms with van der Waals surface area (Å²) >= 11 is 0. The Morgan fingerprint density at radius 3 is 2.92 bits per heavy atom. The molecule has 0 saturated carbocycles. The Labute approximate surface area is 77.3 Å². The summed E-state index contributed by atoms with van der Waals surface area (Å²) in [6.07, 6.45) is 0.815. The highest BCUT2D eigenvalue weighted by atomic mass is 16.5. The molecule has 0 aliphatic heterocycles. The average Bonchev–Trinajstić information content (AvgIpc) is 2.50. The van der Waals surface area contributed by atoms with Crippen LogP contribution in [-0.2, 0) is 17.8 Å². The van der Waals surface area contributed by atoms with Crippen LogP contribution in [-0.4, -0.2) is 22.8 Å². The molecule has 0 amide bonds. The van der Waals surface area contributed by atoms with Gasteiger partial charge in [-0.15, -0.1) is 0 Å². The fraction of sp³-hybridized carbons (Fsp3) is 0.750. The summed E-state index contributed by atoms with van der Waals surface area (Å²) in [5.74, 6) is 1.15. The van der Waals surface area contributed by atoms with Crippen LogP contribution in [0.1, 0.15) is 25.6 Å². The molecule has 5 heteroatoms. The van der Waals surface area contributed by atoms with Crippen molar-refractivity contribution in [1.29, 1.82) is 0 Å². The van der Waals surface area contributed by atoms with E-state index in [2.05, 4.69) is 10.1 Å². The highest BCUT2D eigenvalue weighted by Crippen LogP contribution is 2.01. The van der Waals surface area contributed by atoms with Gasteiger partial charge in [-0.05, 0) is 20.4 Å². The Kier molecular flexibility index (Phi) is 3.85. The minimum Gasteiger partial charge on any atom is -0.369 e. The summed E-state index contributed by atoms with van der Waals surface area (Å²) < 4.78 is 10.2. The summed E-state index contributed by atoms with van der Waals surface area (Å²) in [6.45, 7) is 4.81. The minimum absolute atomic E-state index is 0.171. The van der Waals surface area contributed by atoms with E-state index in [0.717, 1.165) is 0 Å². The zero-order valence-corrected chi connectivity index (χ0v) is 7.99. The average molecular weight is 185 g/mol.